The fourth-order valence-corrected chi connectivity index (χ4v) is 3.83. The van der Waals surface area contributed by atoms with Crippen LogP contribution in [-0.2, 0) is 14.3 Å². The first-order valence-electron chi connectivity index (χ1n) is 11.2. The zero-order chi connectivity index (χ0) is 24.9. The van der Waals surface area contributed by atoms with Gasteiger partial charge >= 0.3 is 5.97 Å². The molecule has 1 aliphatic heterocycles. The lowest BCUT2D eigenvalue weighted by molar-refractivity contribution is -0.158. The van der Waals surface area contributed by atoms with Crippen LogP contribution in [0.5, 0.6) is 5.75 Å². The van der Waals surface area contributed by atoms with Crippen LogP contribution in [-0.4, -0.2) is 41.2 Å². The number of hydrogen-bond donors (Lipinski definition) is 1. The number of benzene rings is 3. The molecule has 1 aliphatic rings. The molecule has 3 amide bonds. The number of rotatable bonds is 8. The van der Waals surface area contributed by atoms with E-state index < -0.39 is 35.8 Å². The number of anilines is 1. The summed E-state index contributed by atoms with van der Waals surface area (Å²) in [5.41, 5.74) is 1.30. The van der Waals surface area contributed by atoms with Gasteiger partial charge in [-0.2, -0.15) is 0 Å². The molecule has 4 rings (SSSR count). The summed E-state index contributed by atoms with van der Waals surface area (Å²) >= 11 is 0. The van der Waals surface area contributed by atoms with Crippen LogP contribution in [0.2, 0.25) is 0 Å². The van der Waals surface area contributed by atoms with Crippen molar-refractivity contribution in [1.82, 2.24) is 4.90 Å². The van der Waals surface area contributed by atoms with Gasteiger partial charge in [-0.25, -0.2) is 4.79 Å². The van der Waals surface area contributed by atoms with Gasteiger partial charge in [0.1, 0.15) is 11.8 Å². The number of ether oxygens (including phenoxy) is 2. The van der Waals surface area contributed by atoms with E-state index in [1.807, 2.05) is 6.92 Å². The fourth-order valence-electron chi connectivity index (χ4n) is 3.83. The molecular formula is C27H24N2O6. The van der Waals surface area contributed by atoms with E-state index in [-0.39, 0.29) is 11.1 Å². The molecular weight excluding hydrogens is 448 g/mol. The number of carbonyl (C=O) groups is 4. The van der Waals surface area contributed by atoms with Gasteiger partial charge in [0.2, 0.25) is 6.10 Å². The third-order valence-electron chi connectivity index (χ3n) is 5.57. The molecule has 0 aliphatic carbocycles. The SMILES string of the molecule is CCOc1ccccc1NC(=O)C(OC(=O)C(C)N1C(=O)c2ccccc2C1=O)c1ccccc1. The molecule has 3 aromatic rings. The Hall–Kier alpha value is -4.46. The molecule has 2 atom stereocenters. The number of amides is 3. The van der Waals surface area contributed by atoms with Gasteiger partial charge < -0.3 is 14.8 Å². The summed E-state index contributed by atoms with van der Waals surface area (Å²) in [4.78, 5) is 52.8. The first-order valence-corrected chi connectivity index (χ1v) is 11.2. The van der Waals surface area contributed by atoms with Crippen LogP contribution in [0.3, 0.4) is 0 Å². The van der Waals surface area contributed by atoms with Crippen molar-refractivity contribution in [3.05, 3.63) is 95.6 Å². The van der Waals surface area contributed by atoms with Crippen molar-refractivity contribution < 1.29 is 28.7 Å². The van der Waals surface area contributed by atoms with Gasteiger partial charge in [-0.3, -0.25) is 19.3 Å². The zero-order valence-electron chi connectivity index (χ0n) is 19.3. The highest BCUT2D eigenvalue weighted by molar-refractivity contribution is 6.22. The second kappa shape index (κ2) is 10.2. The van der Waals surface area contributed by atoms with E-state index in [0.717, 1.165) is 4.90 Å². The normalized spacial score (nSPS) is 14.2. The van der Waals surface area contributed by atoms with Crippen LogP contribution < -0.4 is 10.1 Å². The van der Waals surface area contributed by atoms with E-state index in [4.69, 9.17) is 9.47 Å². The maximum Gasteiger partial charge on any atom is 0.330 e. The average Bonchev–Trinajstić information content (AvgIpc) is 3.13. The Morgan fingerprint density at radius 3 is 2.06 bits per heavy atom. The van der Waals surface area contributed by atoms with Gasteiger partial charge in [-0.1, -0.05) is 54.6 Å². The minimum absolute atomic E-state index is 0.224. The highest BCUT2D eigenvalue weighted by Crippen LogP contribution is 2.29. The van der Waals surface area contributed by atoms with Crippen LogP contribution in [0.4, 0.5) is 5.69 Å². The van der Waals surface area contributed by atoms with Gasteiger partial charge in [0.15, 0.2) is 0 Å². The molecule has 178 valence electrons. The van der Waals surface area contributed by atoms with E-state index >= 15 is 0 Å². The molecule has 35 heavy (non-hydrogen) atoms. The number of nitrogens with zero attached hydrogens (tertiary/aromatic N) is 1. The Morgan fingerprint density at radius 1 is 0.857 bits per heavy atom. The van der Waals surface area contributed by atoms with Crippen molar-refractivity contribution >= 4 is 29.4 Å². The summed E-state index contributed by atoms with van der Waals surface area (Å²) in [6.07, 6.45) is -1.32. The Balaban J connectivity index is 1.57. The number of carbonyl (C=O) groups excluding carboxylic acids is 4. The molecule has 0 spiro atoms. The van der Waals surface area contributed by atoms with Crippen molar-refractivity contribution in [2.75, 3.05) is 11.9 Å². The molecule has 8 heteroatoms. The van der Waals surface area contributed by atoms with Crippen molar-refractivity contribution in [2.24, 2.45) is 0 Å². The van der Waals surface area contributed by atoms with Crippen molar-refractivity contribution in [1.29, 1.82) is 0 Å². The summed E-state index contributed by atoms with van der Waals surface area (Å²) in [5, 5.41) is 2.75. The minimum atomic E-state index is -1.32. The van der Waals surface area contributed by atoms with Crippen LogP contribution >= 0.6 is 0 Å². The van der Waals surface area contributed by atoms with Gasteiger partial charge in [0.25, 0.3) is 17.7 Å². The Labute approximate surface area is 202 Å². The van der Waals surface area contributed by atoms with Crippen LogP contribution in [0, 0.1) is 0 Å². The quantitative estimate of drug-likeness (QED) is 0.393. The predicted octanol–water partition coefficient (Wildman–Crippen LogP) is 3.99. The number of para-hydroxylation sites is 2. The van der Waals surface area contributed by atoms with Crippen LogP contribution in [0.25, 0.3) is 0 Å². The van der Waals surface area contributed by atoms with Crippen molar-refractivity contribution in [3.8, 4) is 5.75 Å². The first-order chi connectivity index (χ1) is 16.9. The standard InChI is InChI=1S/C27H24N2O6/c1-3-34-22-16-10-9-15-21(22)28-24(30)23(18-11-5-4-6-12-18)35-27(33)17(2)29-25(31)19-13-7-8-14-20(19)26(29)32/h4-17,23H,3H2,1-2H3,(H,28,30). The van der Waals surface area contributed by atoms with Crippen LogP contribution in [0.15, 0.2) is 78.9 Å². The molecule has 8 nitrogen and oxygen atoms in total. The largest absolute Gasteiger partial charge is 0.492 e. The number of nitrogens with one attached hydrogen (secondary N) is 1. The molecule has 1 N–H and O–H groups in total. The Kier molecular flexibility index (Phi) is 6.91. The summed E-state index contributed by atoms with van der Waals surface area (Å²) in [7, 11) is 0. The minimum Gasteiger partial charge on any atom is -0.492 e. The summed E-state index contributed by atoms with van der Waals surface area (Å²) in [6.45, 7) is 3.63. The number of hydrogen-bond acceptors (Lipinski definition) is 6. The maximum absolute atomic E-state index is 13.3. The van der Waals surface area contributed by atoms with E-state index in [2.05, 4.69) is 5.32 Å². The summed E-state index contributed by atoms with van der Waals surface area (Å²) in [6, 6.07) is 20.5. The molecule has 3 aromatic carbocycles. The highest BCUT2D eigenvalue weighted by atomic mass is 16.6. The molecule has 0 saturated carbocycles. The second-order valence-corrected chi connectivity index (χ2v) is 7.85. The zero-order valence-corrected chi connectivity index (χ0v) is 19.3. The second-order valence-electron chi connectivity index (χ2n) is 7.85. The average molecular weight is 472 g/mol. The van der Waals surface area contributed by atoms with Crippen molar-refractivity contribution in [2.45, 2.75) is 26.0 Å². The lowest BCUT2D eigenvalue weighted by Crippen LogP contribution is -2.44. The van der Waals surface area contributed by atoms with E-state index in [9.17, 15) is 19.2 Å². The van der Waals surface area contributed by atoms with Gasteiger partial charge in [0, 0.05) is 5.56 Å². The molecule has 0 bridgehead atoms. The molecule has 0 aromatic heterocycles. The van der Waals surface area contributed by atoms with Gasteiger partial charge in [0.05, 0.1) is 23.4 Å². The third kappa shape index (κ3) is 4.77. The van der Waals surface area contributed by atoms with Gasteiger partial charge in [-0.05, 0) is 38.1 Å². The third-order valence-corrected chi connectivity index (χ3v) is 5.57. The predicted molar refractivity (Wildman–Crippen MR) is 128 cm³/mol. The van der Waals surface area contributed by atoms with Crippen LogP contribution in [0.1, 0.15) is 46.2 Å². The van der Waals surface area contributed by atoms with Crippen molar-refractivity contribution in [3.63, 3.8) is 0 Å². The smallest absolute Gasteiger partial charge is 0.330 e. The highest BCUT2D eigenvalue weighted by Gasteiger charge is 2.42. The number of imide groups is 1. The van der Waals surface area contributed by atoms with Gasteiger partial charge in [-0.15, -0.1) is 0 Å². The molecule has 1 heterocycles. The Morgan fingerprint density at radius 2 is 1.43 bits per heavy atom. The van der Waals surface area contributed by atoms with E-state index in [1.54, 1.807) is 66.7 Å². The Bertz CT molecular complexity index is 1240. The lowest BCUT2D eigenvalue weighted by atomic mass is 10.1. The molecule has 2 unspecified atom stereocenters. The molecule has 0 saturated heterocycles. The lowest BCUT2D eigenvalue weighted by Gasteiger charge is -2.24. The first kappa shape index (κ1) is 23.7. The maximum atomic E-state index is 13.3. The molecule has 0 radical (unpaired) electrons. The monoisotopic (exact) mass is 472 g/mol. The molecule has 0 fully saturated rings. The summed E-state index contributed by atoms with van der Waals surface area (Å²) < 4.78 is 11.2. The fraction of sp³-hybridized carbons (Fsp3) is 0.185. The topological polar surface area (TPSA) is 102 Å². The van der Waals surface area contributed by atoms with E-state index in [1.165, 1.54) is 19.1 Å². The number of esters is 1. The van der Waals surface area contributed by atoms with E-state index in [0.29, 0.717) is 23.6 Å². The number of fused-ring (bicyclic) bond motifs is 1. The summed E-state index contributed by atoms with van der Waals surface area (Å²) in [5.74, 6) is -2.18.